The Morgan fingerprint density at radius 3 is 2.70 bits per heavy atom. The number of nitrogens with zero attached hydrogens (tertiary/aromatic N) is 5. The average Bonchev–Trinajstić information content (AvgIpc) is 3.19. The number of nitrogens with one attached hydrogen (secondary N) is 2. The molecule has 2 N–H and O–H groups in total. The SMILES string of the molecule is Cc1ccc(C(F)(F)F)cc1Cn1cc(CNc2cc3c(c(C)n2)NC(=O)[C@H](C)N3C)nn1. The van der Waals surface area contributed by atoms with Gasteiger partial charge in [-0.25, -0.2) is 9.67 Å². The third-order valence-electron chi connectivity index (χ3n) is 5.81. The summed E-state index contributed by atoms with van der Waals surface area (Å²) in [6.07, 6.45) is -2.71. The van der Waals surface area contributed by atoms with Gasteiger partial charge in [0.05, 0.1) is 41.9 Å². The van der Waals surface area contributed by atoms with Gasteiger partial charge < -0.3 is 15.5 Å². The first-order valence-electron chi connectivity index (χ1n) is 10.4. The number of carbonyl (C=O) groups excluding carboxylic acids is 1. The van der Waals surface area contributed by atoms with Crippen LogP contribution in [0, 0.1) is 13.8 Å². The lowest BCUT2D eigenvalue weighted by atomic mass is 10.0. The first-order valence-corrected chi connectivity index (χ1v) is 10.4. The molecule has 0 radical (unpaired) electrons. The summed E-state index contributed by atoms with van der Waals surface area (Å²) in [7, 11) is 1.85. The van der Waals surface area contributed by atoms with Gasteiger partial charge in [0.1, 0.15) is 17.6 Å². The largest absolute Gasteiger partial charge is 0.416 e. The van der Waals surface area contributed by atoms with Gasteiger partial charge in [0.2, 0.25) is 5.91 Å². The molecule has 33 heavy (non-hydrogen) atoms. The van der Waals surface area contributed by atoms with E-state index in [0.29, 0.717) is 35.0 Å². The van der Waals surface area contributed by atoms with E-state index >= 15 is 0 Å². The van der Waals surface area contributed by atoms with Gasteiger partial charge in [-0.05, 0) is 44.0 Å². The van der Waals surface area contributed by atoms with Crippen LogP contribution in [-0.2, 0) is 24.1 Å². The maximum absolute atomic E-state index is 13.0. The number of hydrogen-bond acceptors (Lipinski definition) is 6. The van der Waals surface area contributed by atoms with Gasteiger partial charge in [0, 0.05) is 13.1 Å². The van der Waals surface area contributed by atoms with Crippen molar-refractivity contribution < 1.29 is 18.0 Å². The fourth-order valence-corrected chi connectivity index (χ4v) is 3.66. The highest BCUT2D eigenvalue weighted by Crippen LogP contribution is 2.35. The molecule has 3 heterocycles. The molecule has 1 aliphatic heterocycles. The lowest BCUT2D eigenvalue weighted by molar-refractivity contribution is -0.137. The third-order valence-corrected chi connectivity index (χ3v) is 5.81. The quantitative estimate of drug-likeness (QED) is 0.604. The predicted octanol–water partition coefficient (Wildman–Crippen LogP) is 3.75. The highest BCUT2D eigenvalue weighted by Gasteiger charge is 2.31. The molecule has 8 nitrogen and oxygen atoms in total. The third kappa shape index (κ3) is 4.62. The topological polar surface area (TPSA) is 88.0 Å². The minimum atomic E-state index is -4.39. The van der Waals surface area contributed by atoms with Crippen LogP contribution in [0.3, 0.4) is 0 Å². The predicted molar refractivity (Wildman–Crippen MR) is 118 cm³/mol. The van der Waals surface area contributed by atoms with Gasteiger partial charge in [0.15, 0.2) is 0 Å². The first kappa shape index (κ1) is 22.6. The molecule has 0 saturated heterocycles. The number of carbonyl (C=O) groups is 1. The summed E-state index contributed by atoms with van der Waals surface area (Å²) in [5, 5.41) is 14.2. The van der Waals surface area contributed by atoms with Crippen LogP contribution in [0.2, 0.25) is 0 Å². The molecule has 1 atom stereocenters. The number of halogens is 3. The molecule has 0 bridgehead atoms. The van der Waals surface area contributed by atoms with Crippen molar-refractivity contribution in [3.63, 3.8) is 0 Å². The molecule has 1 aromatic carbocycles. The summed E-state index contributed by atoms with van der Waals surface area (Å²) in [5.41, 5.74) is 3.44. The molecule has 4 rings (SSSR count). The Hall–Kier alpha value is -3.63. The van der Waals surface area contributed by atoms with Gasteiger partial charge in [-0.3, -0.25) is 4.79 Å². The van der Waals surface area contributed by atoms with E-state index in [1.54, 1.807) is 13.1 Å². The van der Waals surface area contributed by atoms with E-state index in [-0.39, 0.29) is 18.5 Å². The normalized spacial score (nSPS) is 15.9. The molecule has 2 aromatic heterocycles. The van der Waals surface area contributed by atoms with Crippen LogP contribution in [0.15, 0.2) is 30.5 Å². The molecular formula is C22H24F3N7O. The molecule has 0 saturated carbocycles. The highest BCUT2D eigenvalue weighted by atomic mass is 19.4. The van der Waals surface area contributed by atoms with Crippen molar-refractivity contribution in [2.75, 3.05) is 22.6 Å². The lowest BCUT2D eigenvalue weighted by Crippen LogP contribution is -2.44. The van der Waals surface area contributed by atoms with Crippen molar-refractivity contribution in [2.24, 2.45) is 0 Å². The number of pyridine rings is 1. The van der Waals surface area contributed by atoms with E-state index in [9.17, 15) is 18.0 Å². The standard InChI is InChI=1S/C22H24F3N7O/c1-12-5-6-16(22(23,24)25)7-15(12)10-32-11-17(29-30-32)9-26-19-8-18-20(13(2)27-19)28-21(33)14(3)31(18)4/h5-8,11,14H,9-10H2,1-4H3,(H,26,27)(H,28,33)/t14-/m0/s1. The molecule has 0 fully saturated rings. The number of hydrogen-bond donors (Lipinski definition) is 2. The molecule has 1 amide bonds. The zero-order chi connectivity index (χ0) is 23.9. The summed E-state index contributed by atoms with van der Waals surface area (Å²) in [6.45, 7) is 5.92. The fraction of sp³-hybridized carbons (Fsp3) is 0.364. The number of aromatic nitrogens is 4. The Bertz CT molecular complexity index is 1210. The van der Waals surface area contributed by atoms with Crippen molar-refractivity contribution in [1.29, 1.82) is 0 Å². The van der Waals surface area contributed by atoms with E-state index in [2.05, 4.69) is 25.9 Å². The molecule has 1 aliphatic rings. The fourth-order valence-electron chi connectivity index (χ4n) is 3.66. The van der Waals surface area contributed by atoms with Crippen molar-refractivity contribution >= 4 is 23.1 Å². The van der Waals surface area contributed by atoms with Crippen molar-refractivity contribution in [2.45, 2.75) is 46.1 Å². The number of likely N-dealkylation sites (N-methyl/N-ethyl adjacent to an activating group) is 1. The Balaban J connectivity index is 1.46. The number of anilines is 3. The molecule has 3 aromatic rings. The van der Waals surface area contributed by atoms with Crippen LogP contribution >= 0.6 is 0 Å². The van der Waals surface area contributed by atoms with Crippen LogP contribution in [-0.4, -0.2) is 39.0 Å². The molecule has 174 valence electrons. The number of amides is 1. The summed E-state index contributed by atoms with van der Waals surface area (Å²) in [5.74, 6) is 0.535. The Morgan fingerprint density at radius 2 is 1.97 bits per heavy atom. The Morgan fingerprint density at radius 1 is 1.21 bits per heavy atom. The number of benzene rings is 1. The minimum Gasteiger partial charge on any atom is -0.364 e. The number of aryl methyl sites for hydroxylation is 2. The van der Waals surface area contributed by atoms with E-state index in [4.69, 9.17) is 0 Å². The summed E-state index contributed by atoms with van der Waals surface area (Å²) in [4.78, 5) is 18.5. The smallest absolute Gasteiger partial charge is 0.364 e. The second-order valence-electron chi connectivity index (χ2n) is 8.16. The van der Waals surface area contributed by atoms with Crippen LogP contribution in [0.1, 0.15) is 35.0 Å². The lowest BCUT2D eigenvalue weighted by Gasteiger charge is -2.34. The Labute approximate surface area is 188 Å². The van der Waals surface area contributed by atoms with Gasteiger partial charge in [-0.15, -0.1) is 5.10 Å². The number of alkyl halides is 3. The monoisotopic (exact) mass is 459 g/mol. The second-order valence-corrected chi connectivity index (χ2v) is 8.16. The summed E-state index contributed by atoms with van der Waals surface area (Å²) < 4.78 is 40.6. The van der Waals surface area contributed by atoms with Crippen LogP contribution in [0.25, 0.3) is 0 Å². The minimum absolute atomic E-state index is 0.0803. The van der Waals surface area contributed by atoms with Crippen molar-refractivity contribution in [1.82, 2.24) is 20.0 Å². The van der Waals surface area contributed by atoms with Crippen LogP contribution < -0.4 is 15.5 Å². The van der Waals surface area contributed by atoms with Crippen LogP contribution in [0.4, 0.5) is 30.4 Å². The average molecular weight is 459 g/mol. The number of fused-ring (bicyclic) bond motifs is 1. The maximum Gasteiger partial charge on any atom is 0.416 e. The molecule has 0 aliphatic carbocycles. The van der Waals surface area contributed by atoms with Gasteiger partial charge in [0.25, 0.3) is 0 Å². The van der Waals surface area contributed by atoms with Crippen molar-refractivity contribution in [3.05, 3.63) is 58.5 Å². The zero-order valence-electron chi connectivity index (χ0n) is 18.7. The van der Waals surface area contributed by atoms with E-state index in [0.717, 1.165) is 23.4 Å². The Kier molecular flexibility index (Phi) is 5.73. The van der Waals surface area contributed by atoms with Gasteiger partial charge >= 0.3 is 6.18 Å². The number of rotatable bonds is 5. The molecular weight excluding hydrogens is 435 g/mol. The zero-order valence-corrected chi connectivity index (χ0v) is 18.7. The van der Waals surface area contributed by atoms with Crippen molar-refractivity contribution in [3.8, 4) is 0 Å². The van der Waals surface area contributed by atoms with E-state index < -0.39 is 11.7 Å². The summed E-state index contributed by atoms with van der Waals surface area (Å²) >= 11 is 0. The molecule has 0 spiro atoms. The van der Waals surface area contributed by atoms with Gasteiger partial charge in [-0.1, -0.05) is 11.3 Å². The van der Waals surface area contributed by atoms with Gasteiger partial charge in [-0.2, -0.15) is 13.2 Å². The maximum atomic E-state index is 13.0. The molecule has 0 unspecified atom stereocenters. The molecule has 11 heteroatoms. The summed E-state index contributed by atoms with van der Waals surface area (Å²) in [6, 6.07) is 5.24. The van der Waals surface area contributed by atoms with E-state index in [1.165, 1.54) is 10.7 Å². The van der Waals surface area contributed by atoms with E-state index in [1.807, 2.05) is 31.9 Å². The van der Waals surface area contributed by atoms with Crippen LogP contribution in [0.5, 0.6) is 0 Å². The first-order chi connectivity index (χ1) is 15.5. The second kappa shape index (κ2) is 8.38. The highest BCUT2D eigenvalue weighted by molar-refractivity contribution is 6.04.